The van der Waals surface area contributed by atoms with Crippen LogP contribution in [0.4, 0.5) is 0 Å². The van der Waals surface area contributed by atoms with Crippen molar-refractivity contribution >= 4 is 0 Å². The first kappa shape index (κ1) is 17.0. The number of hydrogen-bond donors (Lipinski definition) is 0. The van der Waals surface area contributed by atoms with E-state index in [2.05, 4.69) is 101 Å². The molecule has 0 radical (unpaired) electrons. The number of hydrogen-bond acceptors (Lipinski definition) is 0. The van der Waals surface area contributed by atoms with Gasteiger partial charge in [0.2, 0.25) is 5.69 Å². The smallest absolute Gasteiger partial charge is 0.201 e. The van der Waals surface area contributed by atoms with Crippen molar-refractivity contribution in [2.75, 3.05) is 0 Å². The molecule has 1 aliphatic carbocycles. The quantitative estimate of drug-likeness (QED) is 0.509. The van der Waals surface area contributed by atoms with E-state index in [0.29, 0.717) is 5.92 Å². The van der Waals surface area contributed by atoms with Crippen molar-refractivity contribution in [2.24, 2.45) is 7.05 Å². The van der Waals surface area contributed by atoms with Crippen molar-refractivity contribution in [3.63, 3.8) is 0 Å². The molecule has 0 saturated heterocycles. The zero-order valence-corrected chi connectivity index (χ0v) is 16.7. The number of pyridine rings is 1. The predicted molar refractivity (Wildman–Crippen MR) is 109 cm³/mol. The molecule has 1 aromatic heterocycles. The first-order valence-electron chi connectivity index (χ1n) is 9.56. The third-order valence-electron chi connectivity index (χ3n) is 6.05. The topological polar surface area (TPSA) is 3.88 Å². The van der Waals surface area contributed by atoms with Gasteiger partial charge in [0.15, 0.2) is 6.20 Å². The highest BCUT2D eigenvalue weighted by molar-refractivity contribution is 5.92. The van der Waals surface area contributed by atoms with E-state index in [1.54, 1.807) is 0 Å². The summed E-state index contributed by atoms with van der Waals surface area (Å²) in [6.45, 7) is 11.5. The number of aromatic nitrogens is 1. The lowest BCUT2D eigenvalue weighted by Crippen LogP contribution is -2.31. The Bertz CT molecular complexity index is 1010. The molecule has 0 N–H and O–H groups in total. The lowest BCUT2D eigenvalue weighted by molar-refractivity contribution is -0.660. The second-order valence-electron chi connectivity index (χ2n) is 8.46. The summed E-state index contributed by atoms with van der Waals surface area (Å²) in [7, 11) is 2.16. The molecule has 26 heavy (non-hydrogen) atoms. The maximum absolute atomic E-state index is 2.38. The van der Waals surface area contributed by atoms with Gasteiger partial charge in [-0.05, 0) is 40.7 Å². The van der Waals surface area contributed by atoms with E-state index in [4.69, 9.17) is 0 Å². The third-order valence-corrected chi connectivity index (χ3v) is 6.05. The monoisotopic (exact) mass is 342 g/mol. The van der Waals surface area contributed by atoms with Crippen LogP contribution in [0.3, 0.4) is 0 Å². The molecular formula is C25H28N+. The van der Waals surface area contributed by atoms with Gasteiger partial charge in [-0.2, -0.15) is 0 Å². The van der Waals surface area contributed by atoms with Crippen LogP contribution in [0.2, 0.25) is 0 Å². The van der Waals surface area contributed by atoms with E-state index in [1.807, 2.05) is 0 Å². The predicted octanol–water partition coefficient (Wildman–Crippen LogP) is 5.92. The van der Waals surface area contributed by atoms with Crippen molar-refractivity contribution in [1.29, 1.82) is 0 Å². The molecular weight excluding hydrogens is 314 g/mol. The van der Waals surface area contributed by atoms with E-state index < -0.39 is 0 Å². The summed E-state index contributed by atoms with van der Waals surface area (Å²) in [4.78, 5) is 0. The van der Waals surface area contributed by atoms with Gasteiger partial charge in [0.05, 0.1) is 5.56 Å². The molecule has 3 aromatic rings. The number of rotatable bonds is 2. The summed E-state index contributed by atoms with van der Waals surface area (Å²) in [5.74, 6) is 0.524. The number of aryl methyl sites for hydroxylation is 2. The fraction of sp³-hybridized carbons (Fsp3) is 0.320. The fourth-order valence-electron chi connectivity index (χ4n) is 4.42. The van der Waals surface area contributed by atoms with Gasteiger partial charge in [-0.25, -0.2) is 4.57 Å². The standard InChI is InChI=1S/C25H28N/c1-16(2)18-13-14-26(6)22(15-18)23-17(3)11-12-21-24(23)19-9-7-8-10-20(19)25(21,4)5/h7-16H,1-6H3/q+1. The third kappa shape index (κ3) is 2.34. The maximum atomic E-state index is 2.38. The molecule has 4 rings (SSSR count). The molecule has 0 fully saturated rings. The summed E-state index contributed by atoms with van der Waals surface area (Å²) in [6.07, 6.45) is 2.20. The van der Waals surface area contributed by atoms with E-state index in [1.165, 1.54) is 44.6 Å². The van der Waals surface area contributed by atoms with Crippen LogP contribution in [0.5, 0.6) is 0 Å². The van der Waals surface area contributed by atoms with Gasteiger partial charge in [-0.15, -0.1) is 0 Å². The molecule has 1 nitrogen and oxygen atoms in total. The van der Waals surface area contributed by atoms with Gasteiger partial charge in [-0.1, -0.05) is 64.1 Å². The Kier molecular flexibility index (Phi) is 3.80. The van der Waals surface area contributed by atoms with Crippen LogP contribution in [0.25, 0.3) is 22.4 Å². The normalized spacial score (nSPS) is 14.4. The molecule has 0 bridgehead atoms. The van der Waals surface area contributed by atoms with Crippen LogP contribution in [-0.2, 0) is 12.5 Å². The summed E-state index contributed by atoms with van der Waals surface area (Å²) in [6, 6.07) is 18.2. The Morgan fingerprint density at radius 2 is 1.62 bits per heavy atom. The molecule has 1 heterocycles. The van der Waals surface area contributed by atoms with Crippen LogP contribution >= 0.6 is 0 Å². The van der Waals surface area contributed by atoms with E-state index in [9.17, 15) is 0 Å². The van der Waals surface area contributed by atoms with Gasteiger partial charge in [0.25, 0.3) is 0 Å². The van der Waals surface area contributed by atoms with Gasteiger partial charge < -0.3 is 0 Å². The second kappa shape index (κ2) is 5.81. The van der Waals surface area contributed by atoms with Crippen LogP contribution in [0, 0.1) is 6.92 Å². The second-order valence-corrected chi connectivity index (χ2v) is 8.46. The summed E-state index contributed by atoms with van der Waals surface area (Å²) in [5, 5.41) is 0. The van der Waals surface area contributed by atoms with Gasteiger partial charge in [-0.3, -0.25) is 0 Å². The van der Waals surface area contributed by atoms with Crippen LogP contribution in [0.15, 0.2) is 54.7 Å². The van der Waals surface area contributed by atoms with Crippen molar-refractivity contribution < 1.29 is 4.57 Å². The SMILES string of the molecule is Cc1ccc2c(c1-c1cc(C(C)C)cc[n+]1C)-c1ccccc1C2(C)C. The molecule has 0 atom stereocenters. The number of nitrogens with zero attached hydrogens (tertiary/aromatic N) is 1. The molecule has 2 aromatic carbocycles. The van der Waals surface area contributed by atoms with Gasteiger partial charge >= 0.3 is 0 Å². The first-order chi connectivity index (χ1) is 12.3. The number of fused-ring (bicyclic) bond motifs is 3. The Balaban J connectivity index is 2.09. The Hall–Kier alpha value is -2.41. The van der Waals surface area contributed by atoms with Crippen LogP contribution in [0.1, 0.15) is 55.9 Å². The highest BCUT2D eigenvalue weighted by Crippen LogP contribution is 2.52. The van der Waals surface area contributed by atoms with Crippen molar-refractivity contribution in [3.8, 4) is 22.4 Å². The Morgan fingerprint density at radius 3 is 2.35 bits per heavy atom. The summed E-state index contributed by atoms with van der Waals surface area (Å²) in [5.41, 5.74) is 11.1. The average molecular weight is 343 g/mol. The van der Waals surface area contributed by atoms with Crippen molar-refractivity contribution in [2.45, 2.75) is 46.0 Å². The van der Waals surface area contributed by atoms with Crippen LogP contribution < -0.4 is 4.57 Å². The molecule has 0 aliphatic heterocycles. The lowest BCUT2D eigenvalue weighted by Gasteiger charge is -2.22. The van der Waals surface area contributed by atoms with Crippen molar-refractivity contribution in [3.05, 3.63) is 77.0 Å². The lowest BCUT2D eigenvalue weighted by atomic mass is 9.81. The molecule has 0 unspecified atom stereocenters. The fourth-order valence-corrected chi connectivity index (χ4v) is 4.42. The van der Waals surface area contributed by atoms with Gasteiger partial charge in [0.1, 0.15) is 7.05 Å². The largest absolute Gasteiger partial charge is 0.213 e. The minimum Gasteiger partial charge on any atom is -0.201 e. The molecule has 1 aliphatic rings. The van der Waals surface area contributed by atoms with E-state index >= 15 is 0 Å². The molecule has 0 saturated carbocycles. The summed E-state index contributed by atoms with van der Waals surface area (Å²) < 4.78 is 2.27. The Morgan fingerprint density at radius 1 is 0.885 bits per heavy atom. The van der Waals surface area contributed by atoms with Gasteiger partial charge in [0, 0.05) is 23.1 Å². The molecule has 132 valence electrons. The molecule has 0 amide bonds. The first-order valence-corrected chi connectivity index (χ1v) is 9.56. The average Bonchev–Trinajstić information content (AvgIpc) is 2.84. The zero-order chi connectivity index (χ0) is 18.6. The molecule has 1 heteroatoms. The summed E-state index contributed by atoms with van der Waals surface area (Å²) >= 11 is 0. The minimum atomic E-state index is 0.0443. The van der Waals surface area contributed by atoms with Crippen molar-refractivity contribution in [1.82, 2.24) is 0 Å². The Labute approximate surface area is 157 Å². The van der Waals surface area contributed by atoms with Crippen LogP contribution in [-0.4, -0.2) is 0 Å². The minimum absolute atomic E-state index is 0.0443. The highest BCUT2D eigenvalue weighted by Gasteiger charge is 2.38. The highest BCUT2D eigenvalue weighted by atomic mass is 14.9. The number of benzene rings is 2. The van der Waals surface area contributed by atoms with E-state index in [-0.39, 0.29) is 5.41 Å². The van der Waals surface area contributed by atoms with E-state index in [0.717, 1.165) is 0 Å². The molecule has 0 spiro atoms. The maximum Gasteiger partial charge on any atom is 0.213 e. The zero-order valence-electron chi connectivity index (χ0n) is 16.7.